The second-order valence-electron chi connectivity index (χ2n) is 5.16. The van der Waals surface area contributed by atoms with Crippen LogP contribution >= 0.6 is 0 Å². The molecule has 0 saturated carbocycles. The predicted molar refractivity (Wildman–Crippen MR) is 75.7 cm³/mol. The molecule has 1 N–H and O–H groups in total. The molecule has 0 amide bonds. The molecule has 1 aliphatic rings. The molecule has 0 fully saturated rings. The van der Waals surface area contributed by atoms with Gasteiger partial charge in [-0.15, -0.1) is 0 Å². The summed E-state index contributed by atoms with van der Waals surface area (Å²) in [6.07, 6.45) is 9.15. The highest BCUT2D eigenvalue weighted by atomic mass is 15.0. The molecule has 3 heteroatoms. The average molecular weight is 253 g/mol. The van der Waals surface area contributed by atoms with Crippen LogP contribution in [0.1, 0.15) is 48.7 Å². The third-order valence-electron chi connectivity index (χ3n) is 3.85. The molecule has 98 valence electrons. The van der Waals surface area contributed by atoms with E-state index in [0.29, 0.717) is 12.1 Å². The summed E-state index contributed by atoms with van der Waals surface area (Å²) in [5, 5.41) is 3.70. The third kappa shape index (κ3) is 2.66. The summed E-state index contributed by atoms with van der Waals surface area (Å²) in [5.41, 5.74) is 3.90. The van der Waals surface area contributed by atoms with Gasteiger partial charge >= 0.3 is 0 Å². The van der Waals surface area contributed by atoms with Gasteiger partial charge in [-0.2, -0.15) is 0 Å². The molecule has 3 nitrogen and oxygen atoms in total. The monoisotopic (exact) mass is 253 g/mol. The van der Waals surface area contributed by atoms with Crippen LogP contribution in [0.4, 0.5) is 0 Å². The van der Waals surface area contributed by atoms with Crippen molar-refractivity contribution < 1.29 is 0 Å². The van der Waals surface area contributed by atoms with Crippen molar-refractivity contribution in [1.29, 1.82) is 0 Å². The standard InChI is InChI=1S/C16H19N3/c1-12(13-7-10-17-11-8-13)19-15-6-2-4-14-5-3-9-18-16(14)15/h3,5,7-12,15,19H,2,4,6H2,1H3/t12-,15?/m1/s1. The van der Waals surface area contributed by atoms with Gasteiger partial charge < -0.3 is 5.32 Å². The van der Waals surface area contributed by atoms with Gasteiger partial charge in [-0.3, -0.25) is 9.97 Å². The van der Waals surface area contributed by atoms with Gasteiger partial charge in [-0.1, -0.05) is 6.07 Å². The van der Waals surface area contributed by atoms with Crippen LogP contribution in [0.25, 0.3) is 0 Å². The van der Waals surface area contributed by atoms with E-state index in [1.165, 1.54) is 29.7 Å². The Morgan fingerprint density at radius 1 is 1.21 bits per heavy atom. The molecule has 0 spiro atoms. The fourth-order valence-electron chi connectivity index (χ4n) is 2.82. The molecular weight excluding hydrogens is 234 g/mol. The van der Waals surface area contributed by atoms with Crippen LogP contribution in [-0.2, 0) is 6.42 Å². The minimum absolute atomic E-state index is 0.320. The van der Waals surface area contributed by atoms with Crippen molar-refractivity contribution in [3.05, 3.63) is 59.7 Å². The fraction of sp³-hybridized carbons (Fsp3) is 0.375. The maximum Gasteiger partial charge on any atom is 0.0605 e. The van der Waals surface area contributed by atoms with Crippen molar-refractivity contribution in [3.63, 3.8) is 0 Å². The Balaban J connectivity index is 1.78. The molecule has 2 aromatic rings. The van der Waals surface area contributed by atoms with E-state index < -0.39 is 0 Å². The first kappa shape index (κ1) is 12.3. The van der Waals surface area contributed by atoms with Crippen molar-refractivity contribution in [2.45, 2.75) is 38.3 Å². The third-order valence-corrected chi connectivity index (χ3v) is 3.85. The van der Waals surface area contributed by atoms with Crippen molar-refractivity contribution >= 4 is 0 Å². The largest absolute Gasteiger partial charge is 0.302 e. The number of nitrogens with one attached hydrogen (secondary N) is 1. The zero-order valence-corrected chi connectivity index (χ0v) is 11.2. The number of hydrogen-bond acceptors (Lipinski definition) is 3. The van der Waals surface area contributed by atoms with Crippen molar-refractivity contribution in [3.8, 4) is 0 Å². The molecule has 0 aliphatic heterocycles. The lowest BCUT2D eigenvalue weighted by Crippen LogP contribution is -2.28. The fourth-order valence-corrected chi connectivity index (χ4v) is 2.82. The Hall–Kier alpha value is -1.74. The Morgan fingerprint density at radius 2 is 2.05 bits per heavy atom. The van der Waals surface area contributed by atoms with Crippen LogP contribution in [-0.4, -0.2) is 9.97 Å². The van der Waals surface area contributed by atoms with Crippen LogP contribution in [0.2, 0.25) is 0 Å². The van der Waals surface area contributed by atoms with E-state index in [0.717, 1.165) is 6.42 Å². The Bertz CT molecular complexity index is 539. The maximum atomic E-state index is 4.57. The first-order valence-electron chi connectivity index (χ1n) is 6.94. The summed E-state index contributed by atoms with van der Waals surface area (Å²) < 4.78 is 0. The number of hydrogen-bond donors (Lipinski definition) is 1. The van der Waals surface area contributed by atoms with Crippen LogP contribution in [0.15, 0.2) is 42.9 Å². The van der Waals surface area contributed by atoms with Crippen molar-refractivity contribution in [2.24, 2.45) is 0 Å². The first-order chi connectivity index (χ1) is 9.34. The molecular formula is C16H19N3. The minimum Gasteiger partial charge on any atom is -0.302 e. The van der Waals surface area contributed by atoms with Crippen LogP contribution in [0.3, 0.4) is 0 Å². The number of nitrogens with zero attached hydrogens (tertiary/aromatic N) is 2. The first-order valence-corrected chi connectivity index (χ1v) is 6.94. The van der Waals surface area contributed by atoms with Crippen molar-refractivity contribution in [1.82, 2.24) is 15.3 Å². The van der Waals surface area contributed by atoms with E-state index in [1.54, 1.807) is 0 Å². The molecule has 0 radical (unpaired) electrons. The summed E-state index contributed by atoms with van der Waals surface area (Å²) in [6.45, 7) is 2.20. The zero-order valence-electron chi connectivity index (χ0n) is 11.2. The molecule has 19 heavy (non-hydrogen) atoms. The molecule has 1 unspecified atom stereocenters. The summed E-state index contributed by atoms with van der Waals surface area (Å²) in [5.74, 6) is 0. The second kappa shape index (κ2) is 5.49. The summed E-state index contributed by atoms with van der Waals surface area (Å²) >= 11 is 0. The molecule has 3 rings (SSSR count). The summed E-state index contributed by atoms with van der Waals surface area (Å²) in [6, 6.07) is 9.06. The lowest BCUT2D eigenvalue weighted by atomic mass is 9.91. The quantitative estimate of drug-likeness (QED) is 0.912. The van der Waals surface area contributed by atoms with E-state index >= 15 is 0 Å². The van der Waals surface area contributed by atoms with Crippen LogP contribution in [0, 0.1) is 0 Å². The van der Waals surface area contributed by atoms with Gasteiger partial charge in [0.2, 0.25) is 0 Å². The summed E-state index contributed by atoms with van der Waals surface area (Å²) in [7, 11) is 0. The normalized spacial score (nSPS) is 19.7. The van der Waals surface area contributed by atoms with Gasteiger partial charge in [0.15, 0.2) is 0 Å². The highest BCUT2D eigenvalue weighted by molar-refractivity contribution is 5.26. The van der Waals surface area contributed by atoms with Gasteiger partial charge in [-0.05, 0) is 55.5 Å². The van der Waals surface area contributed by atoms with Gasteiger partial charge in [0.1, 0.15) is 0 Å². The smallest absolute Gasteiger partial charge is 0.0605 e. The lowest BCUT2D eigenvalue weighted by Gasteiger charge is -2.28. The number of rotatable bonds is 3. The van der Waals surface area contributed by atoms with Gasteiger partial charge in [0, 0.05) is 24.6 Å². The number of aromatic nitrogens is 2. The number of fused-ring (bicyclic) bond motifs is 1. The molecule has 0 aromatic carbocycles. The molecule has 2 heterocycles. The molecule has 0 saturated heterocycles. The lowest BCUT2D eigenvalue weighted by molar-refractivity contribution is 0.406. The Labute approximate surface area is 114 Å². The van der Waals surface area contributed by atoms with E-state index in [2.05, 4.69) is 40.4 Å². The molecule has 2 atom stereocenters. The minimum atomic E-state index is 0.320. The van der Waals surface area contributed by atoms with Gasteiger partial charge in [0.05, 0.1) is 11.7 Å². The Morgan fingerprint density at radius 3 is 2.89 bits per heavy atom. The average Bonchev–Trinajstić information content (AvgIpc) is 2.48. The second-order valence-corrected chi connectivity index (χ2v) is 5.16. The van der Waals surface area contributed by atoms with Crippen LogP contribution < -0.4 is 5.32 Å². The number of pyridine rings is 2. The Kier molecular flexibility index (Phi) is 3.56. The van der Waals surface area contributed by atoms with E-state index in [9.17, 15) is 0 Å². The van der Waals surface area contributed by atoms with Crippen LogP contribution in [0.5, 0.6) is 0 Å². The van der Waals surface area contributed by atoms with Gasteiger partial charge in [-0.25, -0.2) is 0 Å². The molecule has 1 aliphatic carbocycles. The predicted octanol–water partition coefficient (Wildman–Crippen LogP) is 3.20. The highest BCUT2D eigenvalue weighted by Gasteiger charge is 2.22. The number of aryl methyl sites for hydroxylation is 1. The van der Waals surface area contributed by atoms with Crippen molar-refractivity contribution in [2.75, 3.05) is 0 Å². The zero-order chi connectivity index (χ0) is 13.1. The maximum absolute atomic E-state index is 4.57. The molecule has 0 bridgehead atoms. The van der Waals surface area contributed by atoms with Gasteiger partial charge in [0.25, 0.3) is 0 Å². The SMILES string of the molecule is C[C@@H](NC1CCCc2cccnc21)c1ccncc1. The topological polar surface area (TPSA) is 37.8 Å². The van der Waals surface area contributed by atoms with E-state index in [4.69, 9.17) is 0 Å². The highest BCUT2D eigenvalue weighted by Crippen LogP contribution is 2.29. The molecule has 2 aromatic heterocycles. The summed E-state index contributed by atoms with van der Waals surface area (Å²) in [4.78, 5) is 8.64. The van der Waals surface area contributed by atoms with E-state index in [1.807, 2.05) is 24.7 Å². The van der Waals surface area contributed by atoms with E-state index in [-0.39, 0.29) is 0 Å².